The van der Waals surface area contributed by atoms with Crippen molar-refractivity contribution < 1.29 is 9.90 Å². The van der Waals surface area contributed by atoms with Crippen molar-refractivity contribution in [3.8, 4) is 0 Å². The normalized spacial score (nSPS) is 17.5. The molecule has 2 atom stereocenters. The van der Waals surface area contributed by atoms with Crippen molar-refractivity contribution in [2.45, 2.75) is 40.5 Å². The van der Waals surface area contributed by atoms with Gasteiger partial charge in [0.25, 0.3) is 0 Å². The first-order valence-corrected chi connectivity index (χ1v) is 4.82. The molecule has 76 valence electrons. The molecule has 0 radical (unpaired) electrons. The maximum Gasteiger partial charge on any atom is 0.331 e. The van der Waals surface area contributed by atoms with E-state index in [0.717, 1.165) is 12.8 Å². The van der Waals surface area contributed by atoms with E-state index in [4.69, 9.17) is 5.11 Å². The van der Waals surface area contributed by atoms with Crippen LogP contribution in [0.3, 0.4) is 0 Å². The summed E-state index contributed by atoms with van der Waals surface area (Å²) >= 11 is 0. The Kier molecular flexibility index (Phi) is 4.18. The lowest BCUT2D eigenvalue weighted by Crippen LogP contribution is -2.30. The number of hydrogen-bond donors (Lipinski definition) is 1. The van der Waals surface area contributed by atoms with Crippen LogP contribution in [0.4, 0.5) is 0 Å². The highest BCUT2D eigenvalue weighted by molar-refractivity contribution is 5.87. The van der Waals surface area contributed by atoms with Crippen LogP contribution in [0.15, 0.2) is 12.2 Å². The molecule has 0 amide bonds. The van der Waals surface area contributed by atoms with Gasteiger partial charge in [-0.15, -0.1) is 0 Å². The molecule has 0 aliphatic carbocycles. The zero-order valence-corrected chi connectivity index (χ0v) is 9.05. The van der Waals surface area contributed by atoms with Crippen LogP contribution >= 0.6 is 0 Å². The Morgan fingerprint density at radius 2 is 2.00 bits per heavy atom. The van der Waals surface area contributed by atoms with E-state index in [1.807, 2.05) is 13.8 Å². The summed E-state index contributed by atoms with van der Waals surface area (Å²) in [6, 6.07) is 0. The van der Waals surface area contributed by atoms with Crippen LogP contribution in [0.5, 0.6) is 0 Å². The highest BCUT2D eigenvalue weighted by Gasteiger charge is 2.34. The Morgan fingerprint density at radius 3 is 2.23 bits per heavy atom. The van der Waals surface area contributed by atoms with Gasteiger partial charge in [0, 0.05) is 11.0 Å². The van der Waals surface area contributed by atoms with Gasteiger partial charge in [-0.3, -0.25) is 0 Å². The second-order valence-corrected chi connectivity index (χ2v) is 3.86. The first-order valence-electron chi connectivity index (χ1n) is 4.82. The molecule has 0 rings (SSSR count). The van der Waals surface area contributed by atoms with Crippen molar-refractivity contribution >= 4 is 5.97 Å². The van der Waals surface area contributed by atoms with Crippen LogP contribution in [0, 0.1) is 11.3 Å². The molecular weight excluding hydrogens is 164 g/mol. The second kappa shape index (κ2) is 4.45. The van der Waals surface area contributed by atoms with Crippen molar-refractivity contribution in [3.05, 3.63) is 12.2 Å². The van der Waals surface area contributed by atoms with Gasteiger partial charge in [0.1, 0.15) is 0 Å². The van der Waals surface area contributed by atoms with E-state index in [2.05, 4.69) is 20.4 Å². The highest BCUT2D eigenvalue weighted by atomic mass is 16.4. The Balaban J connectivity index is 4.82. The van der Waals surface area contributed by atoms with E-state index in [1.165, 1.54) is 0 Å². The zero-order chi connectivity index (χ0) is 10.6. The fourth-order valence-electron chi connectivity index (χ4n) is 1.55. The zero-order valence-electron chi connectivity index (χ0n) is 9.05. The van der Waals surface area contributed by atoms with Gasteiger partial charge >= 0.3 is 5.97 Å². The molecule has 13 heavy (non-hydrogen) atoms. The molecule has 0 bridgehead atoms. The standard InChI is InChI=1S/C11H20O2/c1-6-8(3)11(5,7-2)9(4)10(12)13/h8H,4,6-7H2,1-3,5H3,(H,12,13). The van der Waals surface area contributed by atoms with Gasteiger partial charge in [-0.1, -0.05) is 40.7 Å². The molecule has 0 aliphatic heterocycles. The van der Waals surface area contributed by atoms with Crippen molar-refractivity contribution in [2.24, 2.45) is 11.3 Å². The van der Waals surface area contributed by atoms with Gasteiger partial charge in [0.05, 0.1) is 0 Å². The van der Waals surface area contributed by atoms with Crippen LogP contribution < -0.4 is 0 Å². The molecule has 0 saturated carbocycles. The number of carboxylic acid groups (broad SMARTS) is 1. The van der Waals surface area contributed by atoms with Crippen molar-refractivity contribution in [3.63, 3.8) is 0 Å². The van der Waals surface area contributed by atoms with Crippen molar-refractivity contribution in [1.82, 2.24) is 0 Å². The maximum atomic E-state index is 10.8. The third-order valence-electron chi connectivity index (χ3n) is 3.38. The smallest absolute Gasteiger partial charge is 0.331 e. The fourth-order valence-corrected chi connectivity index (χ4v) is 1.55. The minimum Gasteiger partial charge on any atom is -0.478 e. The molecule has 0 saturated heterocycles. The minimum atomic E-state index is -0.871. The SMILES string of the molecule is C=C(C(=O)O)C(C)(CC)C(C)CC. The number of carbonyl (C=O) groups is 1. The Morgan fingerprint density at radius 1 is 1.54 bits per heavy atom. The average Bonchev–Trinajstić information content (AvgIpc) is 2.13. The second-order valence-electron chi connectivity index (χ2n) is 3.86. The van der Waals surface area contributed by atoms with Crippen molar-refractivity contribution in [2.75, 3.05) is 0 Å². The number of aliphatic carboxylic acids is 1. The summed E-state index contributed by atoms with van der Waals surface area (Å²) in [7, 11) is 0. The van der Waals surface area contributed by atoms with E-state index in [9.17, 15) is 4.79 Å². The summed E-state index contributed by atoms with van der Waals surface area (Å²) in [5.74, 6) is -0.509. The summed E-state index contributed by atoms with van der Waals surface area (Å²) in [6.07, 6.45) is 1.81. The molecular formula is C11H20O2. The van der Waals surface area contributed by atoms with Crippen LogP contribution in [-0.2, 0) is 4.79 Å². The van der Waals surface area contributed by atoms with E-state index in [-0.39, 0.29) is 5.41 Å². The molecule has 0 aromatic heterocycles. The van der Waals surface area contributed by atoms with Crippen LogP contribution in [0.1, 0.15) is 40.5 Å². The highest BCUT2D eigenvalue weighted by Crippen LogP contribution is 2.39. The van der Waals surface area contributed by atoms with Crippen LogP contribution in [-0.4, -0.2) is 11.1 Å². The minimum absolute atomic E-state index is 0.263. The molecule has 0 aromatic rings. The van der Waals surface area contributed by atoms with E-state index in [1.54, 1.807) is 0 Å². The fraction of sp³-hybridized carbons (Fsp3) is 0.727. The number of carboxylic acids is 1. The molecule has 2 nitrogen and oxygen atoms in total. The van der Waals surface area contributed by atoms with Crippen LogP contribution in [0.2, 0.25) is 0 Å². The third-order valence-corrected chi connectivity index (χ3v) is 3.38. The molecule has 0 fully saturated rings. The lowest BCUT2D eigenvalue weighted by atomic mass is 9.70. The lowest BCUT2D eigenvalue weighted by Gasteiger charge is -2.34. The molecule has 0 spiro atoms. The van der Waals surface area contributed by atoms with Crippen molar-refractivity contribution in [1.29, 1.82) is 0 Å². The average molecular weight is 184 g/mol. The predicted molar refractivity (Wildman–Crippen MR) is 54.6 cm³/mol. The molecule has 0 heterocycles. The quantitative estimate of drug-likeness (QED) is 0.667. The monoisotopic (exact) mass is 184 g/mol. The van der Waals surface area contributed by atoms with Gasteiger partial charge < -0.3 is 5.11 Å². The largest absolute Gasteiger partial charge is 0.478 e. The summed E-state index contributed by atoms with van der Waals surface area (Å²) in [5, 5.41) is 8.89. The van der Waals surface area contributed by atoms with Gasteiger partial charge in [0.15, 0.2) is 0 Å². The maximum absolute atomic E-state index is 10.8. The molecule has 0 aromatic carbocycles. The van der Waals surface area contributed by atoms with Gasteiger partial charge in [-0.25, -0.2) is 4.79 Å². The summed E-state index contributed by atoms with van der Waals surface area (Å²) < 4.78 is 0. The van der Waals surface area contributed by atoms with Crippen LogP contribution in [0.25, 0.3) is 0 Å². The van der Waals surface area contributed by atoms with Gasteiger partial charge in [-0.2, -0.15) is 0 Å². The Labute approximate surface area is 80.7 Å². The topological polar surface area (TPSA) is 37.3 Å². The van der Waals surface area contributed by atoms with Gasteiger partial charge in [-0.05, 0) is 12.3 Å². The Bertz CT molecular complexity index is 208. The van der Waals surface area contributed by atoms with E-state index < -0.39 is 5.97 Å². The summed E-state index contributed by atoms with van der Waals surface area (Å²) in [4.78, 5) is 10.8. The first kappa shape index (κ1) is 12.2. The molecule has 0 aliphatic rings. The number of rotatable bonds is 5. The summed E-state index contributed by atoms with van der Waals surface area (Å²) in [6.45, 7) is 11.8. The molecule has 2 heteroatoms. The number of hydrogen-bond acceptors (Lipinski definition) is 1. The van der Waals surface area contributed by atoms with Gasteiger partial charge in [0.2, 0.25) is 0 Å². The van der Waals surface area contributed by atoms with E-state index >= 15 is 0 Å². The lowest BCUT2D eigenvalue weighted by molar-refractivity contribution is -0.134. The van der Waals surface area contributed by atoms with E-state index in [0.29, 0.717) is 11.5 Å². The summed E-state index contributed by atoms with van der Waals surface area (Å²) in [5.41, 5.74) is 0.0741. The Hall–Kier alpha value is -0.790. The third kappa shape index (κ3) is 2.33. The first-order chi connectivity index (χ1) is 5.90. The molecule has 2 unspecified atom stereocenters. The predicted octanol–water partition coefficient (Wildman–Crippen LogP) is 3.09. The molecule has 1 N–H and O–H groups in total.